The first-order valence-corrected chi connectivity index (χ1v) is 7.45. The lowest BCUT2D eigenvalue weighted by Gasteiger charge is -2.44. The highest BCUT2D eigenvalue weighted by atomic mass is 16.3. The molecule has 0 saturated heterocycles. The van der Waals surface area contributed by atoms with Gasteiger partial charge in [-0.25, -0.2) is 19.6 Å². The van der Waals surface area contributed by atoms with Crippen molar-refractivity contribution in [3.8, 4) is 0 Å². The van der Waals surface area contributed by atoms with Gasteiger partial charge in [0.25, 0.3) is 0 Å². The molecular weight excluding hydrogens is 284 g/mol. The molecule has 0 aromatic rings. The second-order valence-corrected chi connectivity index (χ2v) is 6.89. The van der Waals surface area contributed by atoms with Gasteiger partial charge < -0.3 is 5.11 Å². The van der Waals surface area contributed by atoms with E-state index in [0.29, 0.717) is 13.0 Å². The summed E-state index contributed by atoms with van der Waals surface area (Å²) in [5.74, 6) is -0.102. The van der Waals surface area contributed by atoms with Crippen LogP contribution in [0.25, 0.3) is 0 Å². The standard InChI is InChI=1S/C12H18N2O2.C4H8O2/c1-11(2)4-10(14-9-16)5-12(3,6-11)7-13-8-15;1-2-4(6)3-5/h10H,4-7H2,1-3H3;5H,2-3H2,1H3. The lowest BCUT2D eigenvalue weighted by atomic mass is 9.63. The van der Waals surface area contributed by atoms with Crippen LogP contribution in [0.4, 0.5) is 0 Å². The third-order valence-electron chi connectivity index (χ3n) is 3.75. The number of hydrogen-bond acceptors (Lipinski definition) is 6. The van der Waals surface area contributed by atoms with Gasteiger partial charge in [-0.15, -0.1) is 0 Å². The number of Topliss-reactive ketones (excluding diaryl/α,β-unsaturated/α-hetero) is 1. The van der Waals surface area contributed by atoms with E-state index in [0.717, 1.165) is 19.3 Å². The molecule has 6 nitrogen and oxygen atoms in total. The molecule has 1 rings (SSSR count). The Morgan fingerprint density at radius 3 is 2.27 bits per heavy atom. The Balaban J connectivity index is 0.000000626. The molecule has 1 aliphatic carbocycles. The van der Waals surface area contributed by atoms with Gasteiger partial charge in [0.2, 0.25) is 12.2 Å². The van der Waals surface area contributed by atoms with Crippen molar-refractivity contribution in [1.29, 1.82) is 0 Å². The largest absolute Gasteiger partial charge is 0.389 e. The quantitative estimate of drug-likeness (QED) is 0.622. The number of carbonyl (C=O) groups excluding carboxylic acids is 3. The summed E-state index contributed by atoms with van der Waals surface area (Å²) >= 11 is 0. The Labute approximate surface area is 131 Å². The van der Waals surface area contributed by atoms with E-state index in [1.54, 1.807) is 19.1 Å². The Bertz CT molecular complexity index is 457. The van der Waals surface area contributed by atoms with Crippen LogP contribution in [0.15, 0.2) is 9.98 Å². The lowest BCUT2D eigenvalue weighted by Crippen LogP contribution is -2.39. The maximum atomic E-state index is 10.3. The summed E-state index contributed by atoms with van der Waals surface area (Å²) in [6.45, 7) is 8.27. The van der Waals surface area contributed by atoms with Crippen LogP contribution in [0.5, 0.6) is 0 Å². The zero-order valence-corrected chi connectivity index (χ0v) is 13.9. The number of aliphatic hydroxyl groups is 1. The zero-order chi connectivity index (χ0) is 17.2. The summed E-state index contributed by atoms with van der Waals surface area (Å²) in [5, 5.41) is 7.99. The van der Waals surface area contributed by atoms with Crippen molar-refractivity contribution < 1.29 is 19.5 Å². The van der Waals surface area contributed by atoms with E-state index in [9.17, 15) is 14.4 Å². The summed E-state index contributed by atoms with van der Waals surface area (Å²) < 4.78 is 0. The molecule has 2 unspecified atom stereocenters. The maximum Gasteiger partial charge on any atom is 0.235 e. The molecule has 0 amide bonds. The van der Waals surface area contributed by atoms with Crippen molar-refractivity contribution in [3.63, 3.8) is 0 Å². The highest BCUT2D eigenvalue weighted by molar-refractivity contribution is 5.78. The summed E-state index contributed by atoms with van der Waals surface area (Å²) in [7, 11) is 0. The Kier molecular flexibility index (Phi) is 8.73. The molecule has 0 spiro atoms. The van der Waals surface area contributed by atoms with E-state index >= 15 is 0 Å². The summed E-state index contributed by atoms with van der Waals surface area (Å²) in [5.41, 5.74) is 0.0561. The van der Waals surface area contributed by atoms with Crippen molar-refractivity contribution in [2.75, 3.05) is 13.2 Å². The van der Waals surface area contributed by atoms with Crippen molar-refractivity contribution >= 4 is 17.9 Å². The van der Waals surface area contributed by atoms with E-state index in [-0.39, 0.29) is 29.3 Å². The van der Waals surface area contributed by atoms with Gasteiger partial charge >= 0.3 is 0 Å². The topological polar surface area (TPSA) is 96.2 Å². The second kappa shape index (κ2) is 9.42. The monoisotopic (exact) mass is 310 g/mol. The van der Waals surface area contributed by atoms with Gasteiger partial charge in [0.15, 0.2) is 5.78 Å². The molecule has 0 radical (unpaired) electrons. The molecule has 2 atom stereocenters. The van der Waals surface area contributed by atoms with E-state index in [2.05, 4.69) is 30.8 Å². The van der Waals surface area contributed by atoms with E-state index < -0.39 is 0 Å². The first-order chi connectivity index (χ1) is 10.2. The fourth-order valence-corrected chi connectivity index (χ4v) is 3.20. The minimum atomic E-state index is -0.309. The fourth-order valence-electron chi connectivity index (χ4n) is 3.20. The number of carbonyl (C=O) groups is 1. The minimum Gasteiger partial charge on any atom is -0.389 e. The Morgan fingerprint density at radius 2 is 1.86 bits per heavy atom. The van der Waals surface area contributed by atoms with Crippen LogP contribution in [-0.2, 0) is 14.4 Å². The number of isocyanates is 2. The third-order valence-corrected chi connectivity index (χ3v) is 3.75. The molecule has 1 aliphatic rings. The average molecular weight is 310 g/mol. The number of aliphatic hydroxyl groups excluding tert-OH is 1. The van der Waals surface area contributed by atoms with Gasteiger partial charge in [0.05, 0.1) is 12.6 Å². The zero-order valence-electron chi connectivity index (χ0n) is 13.9. The molecule has 0 bridgehead atoms. The maximum absolute atomic E-state index is 10.3. The molecule has 0 aliphatic heterocycles. The number of rotatable bonds is 5. The summed E-state index contributed by atoms with van der Waals surface area (Å²) in [6, 6.07) is 0.00750. The molecule has 22 heavy (non-hydrogen) atoms. The van der Waals surface area contributed by atoms with E-state index in [1.807, 2.05) is 0 Å². The van der Waals surface area contributed by atoms with E-state index in [4.69, 9.17) is 5.11 Å². The fraction of sp³-hybridized carbons (Fsp3) is 0.812. The van der Waals surface area contributed by atoms with Crippen LogP contribution in [0, 0.1) is 10.8 Å². The average Bonchev–Trinajstić information content (AvgIpc) is 2.43. The van der Waals surface area contributed by atoms with Gasteiger partial charge in [-0.1, -0.05) is 27.7 Å². The molecule has 0 aromatic heterocycles. The first-order valence-electron chi connectivity index (χ1n) is 7.45. The normalized spacial score (nSPS) is 25.8. The molecule has 0 heterocycles. The van der Waals surface area contributed by atoms with Gasteiger partial charge in [-0.05, 0) is 30.1 Å². The molecule has 1 saturated carbocycles. The van der Waals surface area contributed by atoms with Crippen LogP contribution >= 0.6 is 0 Å². The van der Waals surface area contributed by atoms with Crippen LogP contribution in [0.3, 0.4) is 0 Å². The predicted molar refractivity (Wildman–Crippen MR) is 83.0 cm³/mol. The molecule has 0 aromatic carbocycles. The molecular formula is C16H26N2O4. The summed E-state index contributed by atoms with van der Waals surface area (Å²) in [6.07, 6.45) is 6.32. The summed E-state index contributed by atoms with van der Waals surface area (Å²) in [4.78, 5) is 38.0. The number of hydrogen-bond donors (Lipinski definition) is 1. The van der Waals surface area contributed by atoms with Gasteiger partial charge in [0, 0.05) is 6.42 Å². The molecule has 1 fully saturated rings. The van der Waals surface area contributed by atoms with Crippen molar-refractivity contribution in [2.45, 2.75) is 59.4 Å². The third kappa shape index (κ3) is 7.99. The van der Waals surface area contributed by atoms with Crippen LogP contribution in [-0.4, -0.2) is 42.2 Å². The second-order valence-electron chi connectivity index (χ2n) is 6.89. The van der Waals surface area contributed by atoms with Gasteiger partial charge in [-0.3, -0.25) is 4.79 Å². The highest BCUT2D eigenvalue weighted by Gasteiger charge is 2.41. The van der Waals surface area contributed by atoms with Crippen molar-refractivity contribution in [3.05, 3.63) is 0 Å². The Hall–Kier alpha value is -1.61. The van der Waals surface area contributed by atoms with Crippen LogP contribution in [0.1, 0.15) is 53.4 Å². The van der Waals surface area contributed by atoms with Crippen molar-refractivity contribution in [2.24, 2.45) is 20.8 Å². The van der Waals surface area contributed by atoms with Crippen LogP contribution in [0.2, 0.25) is 0 Å². The van der Waals surface area contributed by atoms with Gasteiger partial charge in [-0.2, -0.15) is 0 Å². The number of nitrogens with zero attached hydrogens (tertiary/aromatic N) is 2. The number of aliphatic imine (C=N–C) groups is 2. The van der Waals surface area contributed by atoms with Crippen LogP contribution < -0.4 is 0 Å². The molecule has 6 heteroatoms. The molecule has 124 valence electrons. The minimum absolute atomic E-state index is 0.00750. The number of ketones is 1. The van der Waals surface area contributed by atoms with Gasteiger partial charge in [0.1, 0.15) is 6.61 Å². The first kappa shape index (κ1) is 20.4. The smallest absolute Gasteiger partial charge is 0.235 e. The lowest BCUT2D eigenvalue weighted by molar-refractivity contribution is -0.121. The highest BCUT2D eigenvalue weighted by Crippen LogP contribution is 2.47. The van der Waals surface area contributed by atoms with Crippen molar-refractivity contribution in [1.82, 2.24) is 0 Å². The SMILES string of the molecule is CC1(C)CC(N=C=O)CC(C)(CN=C=O)C1.CCC(=O)CO. The Morgan fingerprint density at radius 1 is 1.23 bits per heavy atom. The molecule has 1 N–H and O–H groups in total. The van der Waals surface area contributed by atoms with E-state index in [1.165, 1.54) is 0 Å². The predicted octanol–water partition coefficient (Wildman–Crippen LogP) is 2.20.